The molecule has 0 aliphatic rings. The van der Waals surface area contributed by atoms with Gasteiger partial charge in [0.05, 0.1) is 0 Å². The number of hydrogen-bond donors (Lipinski definition) is 0. The van der Waals surface area contributed by atoms with Crippen molar-refractivity contribution in [1.29, 1.82) is 0 Å². The Morgan fingerprint density at radius 2 is 0.957 bits per heavy atom. The molecule has 0 saturated heterocycles. The molecule has 4 aromatic carbocycles. The molecule has 2 heteroatoms. The first-order valence-corrected chi connectivity index (χ1v) is 8.73. The third-order valence-corrected chi connectivity index (χ3v) is 3.10. The van der Waals surface area contributed by atoms with E-state index in [0.717, 1.165) is 0 Å². The first-order chi connectivity index (χ1) is 10.9. The second-order valence-electron chi connectivity index (χ2n) is 4.31. The van der Waals surface area contributed by atoms with Crippen molar-refractivity contribution in [2.45, 2.75) is 0 Å². The predicted molar refractivity (Wildman–Crippen MR) is 97.5 cm³/mol. The summed E-state index contributed by atoms with van der Waals surface area (Å²) in [7, 11) is 0. The molecule has 23 heavy (non-hydrogen) atoms. The van der Waals surface area contributed by atoms with Crippen LogP contribution >= 0.6 is 0 Å². The second kappa shape index (κ2) is 12.9. The van der Waals surface area contributed by atoms with E-state index in [1.54, 1.807) is 0 Å². The molecular formula is C21H20ClZr-3. The van der Waals surface area contributed by atoms with E-state index in [9.17, 15) is 0 Å². The molecule has 0 saturated carbocycles. The summed E-state index contributed by atoms with van der Waals surface area (Å²) in [6, 6.07) is 29.3. The standard InChI is InChI=1S/2C9H7.C2H4.CH2.ClH.Zr/c2*1-2-5-9-7-3-6-8(9)4-1;1-2;;;/h2*1-7H;1-2H2;1H2;1H;/q2*-1;;;;/p-1. The van der Waals surface area contributed by atoms with Crippen LogP contribution in [0.2, 0.25) is 0 Å². The fraction of sp³-hybridized carbons (Fsp3) is 0. The van der Waals surface area contributed by atoms with Crippen molar-refractivity contribution in [2.24, 2.45) is 0 Å². The van der Waals surface area contributed by atoms with Crippen LogP contribution in [-0.4, -0.2) is 4.21 Å². The fourth-order valence-corrected chi connectivity index (χ4v) is 2.14. The molecule has 0 unspecified atom stereocenters. The van der Waals surface area contributed by atoms with Gasteiger partial charge in [-0.05, 0) is 0 Å². The van der Waals surface area contributed by atoms with Gasteiger partial charge in [-0.3, -0.25) is 0 Å². The zero-order chi connectivity index (χ0) is 16.2. The van der Waals surface area contributed by atoms with E-state index < -0.39 is 0 Å². The van der Waals surface area contributed by atoms with Crippen LogP contribution in [0.1, 0.15) is 0 Å². The molecule has 0 aliphatic heterocycles. The largest absolute Gasteiger partial charge is 1.00 e. The van der Waals surface area contributed by atoms with Crippen LogP contribution in [0.15, 0.2) is 98.1 Å². The van der Waals surface area contributed by atoms with Gasteiger partial charge in [0.2, 0.25) is 0 Å². The molecule has 0 aliphatic carbocycles. The van der Waals surface area contributed by atoms with Crippen LogP contribution in [0, 0.1) is 0 Å². The minimum atomic E-state index is 0. The zero-order valence-corrected chi connectivity index (χ0v) is 16.3. The first-order valence-electron chi connectivity index (χ1n) is 7.00. The number of fused-ring (bicyclic) bond motifs is 2. The van der Waals surface area contributed by atoms with Crippen molar-refractivity contribution in [3.8, 4) is 0 Å². The topological polar surface area (TPSA) is 0 Å². The average Bonchev–Trinajstić information content (AvgIpc) is 3.28. The summed E-state index contributed by atoms with van der Waals surface area (Å²) in [4.78, 5) is 0. The third kappa shape index (κ3) is 6.61. The molecule has 4 aromatic rings. The van der Waals surface area contributed by atoms with Gasteiger partial charge in [-0.25, -0.2) is 0 Å². The molecule has 0 bridgehead atoms. The van der Waals surface area contributed by atoms with Crippen LogP contribution in [0.25, 0.3) is 21.5 Å². The van der Waals surface area contributed by atoms with Gasteiger partial charge in [-0.2, -0.15) is 35.0 Å². The number of hydrogen-bond acceptors (Lipinski definition) is 0. The van der Waals surface area contributed by atoms with Crippen molar-refractivity contribution >= 4 is 25.8 Å². The van der Waals surface area contributed by atoms with E-state index >= 15 is 0 Å². The number of benzene rings is 2. The molecule has 0 heterocycles. The minimum absolute atomic E-state index is 0. The van der Waals surface area contributed by atoms with Gasteiger partial charge in [0, 0.05) is 0 Å². The maximum atomic E-state index is 3.34. The molecule has 0 nitrogen and oxygen atoms in total. The summed E-state index contributed by atoms with van der Waals surface area (Å²) in [5.41, 5.74) is 0. The monoisotopic (exact) mass is 397 g/mol. The van der Waals surface area contributed by atoms with Crippen LogP contribution < -0.4 is 12.4 Å². The smallest absolute Gasteiger partial charge is 0.0809 e. The van der Waals surface area contributed by atoms with Crippen LogP contribution in [0.4, 0.5) is 0 Å². The Hall–Kier alpha value is -1.56. The third-order valence-electron chi connectivity index (χ3n) is 3.10. The molecule has 0 amide bonds. The summed E-state index contributed by atoms with van der Waals surface area (Å²) in [5.74, 6) is 0. The number of rotatable bonds is 0. The molecule has 0 atom stereocenters. The van der Waals surface area contributed by atoms with E-state index in [1.807, 2.05) is 0 Å². The molecule has 0 radical (unpaired) electrons. The van der Waals surface area contributed by atoms with Crippen molar-refractivity contribution in [1.82, 2.24) is 0 Å². The average molecular weight is 399 g/mol. The fourth-order valence-electron chi connectivity index (χ4n) is 2.14. The summed E-state index contributed by atoms with van der Waals surface area (Å²) in [6.45, 7) is 6.00. The van der Waals surface area contributed by atoms with Gasteiger partial charge in [-0.15, -0.1) is 72.5 Å². The Morgan fingerprint density at radius 1 is 0.609 bits per heavy atom. The summed E-state index contributed by atoms with van der Waals surface area (Å²) >= 11 is 1.30. The predicted octanol–water partition coefficient (Wildman–Crippen LogP) is 2.89. The molecular weight excluding hydrogens is 379 g/mol. The maximum absolute atomic E-state index is 3.34. The van der Waals surface area contributed by atoms with E-state index in [2.05, 4.69) is 102 Å². The molecule has 0 N–H and O–H groups in total. The summed E-state index contributed by atoms with van der Waals surface area (Å²) in [5, 5.41) is 5.32. The molecule has 4 rings (SSSR count). The number of halogens is 1. The molecule has 0 aromatic heterocycles. The molecule has 0 fully saturated rings. The Bertz CT molecular complexity index is 654. The molecule has 118 valence electrons. The normalized spacial score (nSPS) is 8.30. The SMILES string of the molecule is C=C.[CH2]=[Zr].[Cl-].c1ccc2[cH-]ccc2c1.c1ccc2[cH-]ccc2c1. The summed E-state index contributed by atoms with van der Waals surface area (Å²) in [6.07, 6.45) is 0. The first kappa shape index (κ1) is 21.4. The maximum Gasteiger partial charge on any atom is -0.0809 e. The Labute approximate surface area is 159 Å². The Balaban J connectivity index is 0.000000335. The van der Waals surface area contributed by atoms with Gasteiger partial charge < -0.3 is 12.4 Å². The van der Waals surface area contributed by atoms with Crippen molar-refractivity contribution in [2.75, 3.05) is 0 Å². The van der Waals surface area contributed by atoms with E-state index in [1.165, 1.54) is 45.8 Å². The van der Waals surface area contributed by atoms with E-state index in [0.29, 0.717) is 0 Å². The van der Waals surface area contributed by atoms with Crippen LogP contribution in [-0.2, 0) is 24.2 Å². The van der Waals surface area contributed by atoms with Gasteiger partial charge in [0.1, 0.15) is 0 Å². The Morgan fingerprint density at radius 3 is 1.30 bits per heavy atom. The zero-order valence-electron chi connectivity index (χ0n) is 13.1. The van der Waals surface area contributed by atoms with Crippen LogP contribution in [0.3, 0.4) is 0 Å². The van der Waals surface area contributed by atoms with E-state index in [4.69, 9.17) is 0 Å². The Kier molecular flexibility index (Phi) is 12.1. The van der Waals surface area contributed by atoms with Crippen molar-refractivity contribution in [3.05, 3.63) is 98.1 Å². The minimum Gasteiger partial charge on any atom is -1.00 e. The second-order valence-corrected chi connectivity index (χ2v) is 4.31. The van der Waals surface area contributed by atoms with Crippen molar-refractivity contribution < 1.29 is 36.6 Å². The van der Waals surface area contributed by atoms with Crippen LogP contribution in [0.5, 0.6) is 0 Å². The van der Waals surface area contributed by atoms with Gasteiger partial charge in [0.25, 0.3) is 0 Å². The van der Waals surface area contributed by atoms with Crippen molar-refractivity contribution in [3.63, 3.8) is 0 Å². The molecule has 0 spiro atoms. The summed E-state index contributed by atoms with van der Waals surface area (Å²) < 4.78 is 3.34. The van der Waals surface area contributed by atoms with Gasteiger partial charge in [0.15, 0.2) is 0 Å². The van der Waals surface area contributed by atoms with Gasteiger partial charge in [-0.1, -0.05) is 12.1 Å². The van der Waals surface area contributed by atoms with Gasteiger partial charge >= 0.3 is 28.4 Å². The quantitative estimate of drug-likeness (QED) is 0.315. The van der Waals surface area contributed by atoms with E-state index in [-0.39, 0.29) is 12.4 Å².